The van der Waals surface area contributed by atoms with Crippen molar-refractivity contribution < 1.29 is 19.1 Å². The highest BCUT2D eigenvalue weighted by Gasteiger charge is 2.15. The summed E-state index contributed by atoms with van der Waals surface area (Å²) in [6, 6.07) is 5.94. The van der Waals surface area contributed by atoms with E-state index in [9.17, 15) is 9.59 Å². The molecule has 1 aromatic carbocycles. The number of ether oxygens (including phenoxy) is 2. The largest absolute Gasteiger partial charge is 0.485 e. The number of nitrogens with zero attached hydrogens (tertiary/aromatic N) is 4. The van der Waals surface area contributed by atoms with Gasteiger partial charge in [0, 0.05) is 11.9 Å². The molecule has 0 fully saturated rings. The Balaban J connectivity index is 1.53. The fourth-order valence-electron chi connectivity index (χ4n) is 2.96. The number of nitrogens with one attached hydrogen (secondary N) is 1. The van der Waals surface area contributed by atoms with Crippen LogP contribution in [-0.4, -0.2) is 44.0 Å². The van der Waals surface area contributed by atoms with Crippen LogP contribution >= 0.6 is 23.1 Å². The van der Waals surface area contributed by atoms with E-state index in [1.54, 1.807) is 12.3 Å². The molecule has 3 aromatic rings. The molecule has 0 radical (unpaired) electrons. The van der Waals surface area contributed by atoms with Gasteiger partial charge < -0.3 is 19.4 Å². The van der Waals surface area contributed by atoms with Gasteiger partial charge in [-0.25, -0.2) is 4.98 Å². The minimum absolute atomic E-state index is 0.0848. The van der Waals surface area contributed by atoms with Crippen LogP contribution in [0.3, 0.4) is 0 Å². The van der Waals surface area contributed by atoms with E-state index >= 15 is 0 Å². The van der Waals surface area contributed by atoms with Crippen molar-refractivity contribution in [3.8, 4) is 5.75 Å². The van der Waals surface area contributed by atoms with Crippen LogP contribution in [0, 0.1) is 13.8 Å². The monoisotopic (exact) mass is 489 g/mol. The molecule has 0 saturated heterocycles. The Morgan fingerprint density at radius 3 is 2.79 bits per heavy atom. The summed E-state index contributed by atoms with van der Waals surface area (Å²) in [4.78, 5) is 28.2. The second-order valence-electron chi connectivity index (χ2n) is 7.09. The van der Waals surface area contributed by atoms with Crippen LogP contribution in [0.1, 0.15) is 36.5 Å². The van der Waals surface area contributed by atoms with E-state index in [2.05, 4.69) is 20.5 Å². The van der Waals surface area contributed by atoms with Crippen LogP contribution in [0.2, 0.25) is 0 Å². The van der Waals surface area contributed by atoms with E-state index in [4.69, 9.17) is 9.47 Å². The first-order valence-electron chi connectivity index (χ1n) is 10.5. The van der Waals surface area contributed by atoms with Crippen molar-refractivity contribution in [3.05, 3.63) is 46.2 Å². The third-order valence-corrected chi connectivity index (χ3v) is 6.56. The Bertz CT molecular complexity index is 1110. The summed E-state index contributed by atoms with van der Waals surface area (Å²) in [5.41, 5.74) is 2.83. The Morgan fingerprint density at radius 1 is 1.21 bits per heavy atom. The topological polar surface area (TPSA) is 108 Å². The zero-order valence-corrected chi connectivity index (χ0v) is 20.7. The Hall–Kier alpha value is -2.92. The summed E-state index contributed by atoms with van der Waals surface area (Å²) in [7, 11) is 0. The number of anilines is 1. The van der Waals surface area contributed by atoms with Gasteiger partial charge in [-0.1, -0.05) is 23.9 Å². The maximum atomic E-state index is 12.4. The Labute approximate surface area is 200 Å². The van der Waals surface area contributed by atoms with Crippen LogP contribution in [0.5, 0.6) is 5.75 Å². The van der Waals surface area contributed by atoms with Gasteiger partial charge in [-0.05, 0) is 44.9 Å². The maximum Gasteiger partial charge on any atom is 0.311 e. The zero-order valence-electron chi connectivity index (χ0n) is 19.1. The molecule has 0 aliphatic carbocycles. The van der Waals surface area contributed by atoms with Crippen LogP contribution < -0.4 is 10.1 Å². The minimum Gasteiger partial charge on any atom is -0.485 e. The highest BCUT2D eigenvalue weighted by atomic mass is 32.2. The molecule has 0 aliphatic heterocycles. The quantitative estimate of drug-likeness (QED) is 0.320. The Kier molecular flexibility index (Phi) is 8.84. The highest BCUT2D eigenvalue weighted by molar-refractivity contribution is 7.99. The third kappa shape index (κ3) is 6.78. The minimum atomic E-state index is -0.340. The fourth-order valence-corrected chi connectivity index (χ4v) is 4.51. The van der Waals surface area contributed by atoms with E-state index < -0.39 is 0 Å². The fraction of sp³-hybridized carbons (Fsp3) is 0.409. The summed E-state index contributed by atoms with van der Waals surface area (Å²) in [6.07, 6.45) is 0.0848. The van der Waals surface area contributed by atoms with Crippen molar-refractivity contribution in [1.82, 2.24) is 19.7 Å². The first-order chi connectivity index (χ1) is 15.9. The van der Waals surface area contributed by atoms with E-state index in [-0.39, 0.29) is 24.1 Å². The molecule has 1 amide bonds. The number of aromatic nitrogens is 4. The van der Waals surface area contributed by atoms with Crippen LogP contribution in [-0.2, 0) is 33.9 Å². The lowest BCUT2D eigenvalue weighted by molar-refractivity contribution is -0.142. The van der Waals surface area contributed by atoms with Gasteiger partial charge in [-0.3, -0.25) is 9.59 Å². The number of hydrogen-bond donors (Lipinski definition) is 1. The van der Waals surface area contributed by atoms with Crippen LogP contribution in [0.25, 0.3) is 0 Å². The van der Waals surface area contributed by atoms with Gasteiger partial charge in [0.25, 0.3) is 0 Å². The maximum absolute atomic E-state index is 12.4. The number of benzene rings is 1. The predicted molar refractivity (Wildman–Crippen MR) is 128 cm³/mol. The smallest absolute Gasteiger partial charge is 0.311 e. The molecule has 2 aromatic heterocycles. The molecule has 0 spiro atoms. The summed E-state index contributed by atoms with van der Waals surface area (Å²) in [5, 5.41) is 14.0. The molecule has 2 heterocycles. The summed E-state index contributed by atoms with van der Waals surface area (Å²) < 4.78 is 12.8. The molecule has 176 valence electrons. The highest BCUT2D eigenvalue weighted by Crippen LogP contribution is 2.23. The molecule has 3 rings (SSSR count). The number of carbonyl (C=O) groups excluding carboxylic acids is 2. The van der Waals surface area contributed by atoms with E-state index in [0.29, 0.717) is 41.6 Å². The number of amides is 1. The number of thioether (sulfide) groups is 1. The molecule has 0 unspecified atom stereocenters. The molecule has 0 saturated carbocycles. The number of rotatable bonds is 11. The molecule has 11 heteroatoms. The number of esters is 1. The normalized spacial score (nSPS) is 10.8. The molecule has 9 nitrogen and oxygen atoms in total. The lowest BCUT2D eigenvalue weighted by atomic mass is 10.1. The number of hydrogen-bond acceptors (Lipinski definition) is 9. The first-order valence-corrected chi connectivity index (χ1v) is 12.4. The summed E-state index contributed by atoms with van der Waals surface area (Å²) in [5.74, 6) is 1.12. The van der Waals surface area contributed by atoms with Crippen molar-refractivity contribution in [1.29, 1.82) is 0 Å². The van der Waals surface area contributed by atoms with Gasteiger partial charge in [0.2, 0.25) is 5.91 Å². The molecule has 0 bridgehead atoms. The SMILES string of the molecule is CCOC(=O)Cc1csc(NC(=O)CSc2nnc(COc3cccc(C)c3C)n2CC)n1. The third-order valence-electron chi connectivity index (χ3n) is 4.78. The molecule has 0 atom stereocenters. The van der Waals surface area contributed by atoms with E-state index in [1.165, 1.54) is 28.7 Å². The number of aryl methyl sites for hydroxylation is 1. The number of carbonyl (C=O) groups is 2. The molecular weight excluding hydrogens is 462 g/mol. The lowest BCUT2D eigenvalue weighted by Gasteiger charge is -2.11. The van der Waals surface area contributed by atoms with Gasteiger partial charge in [0.05, 0.1) is 24.5 Å². The van der Waals surface area contributed by atoms with E-state index in [0.717, 1.165) is 11.3 Å². The standard InChI is InChI=1S/C22H27N5O4S2/c1-5-27-18(11-31-17-9-7-8-14(3)15(17)4)25-26-22(27)33-13-19(28)24-21-23-16(12-32-21)10-20(29)30-6-2/h7-9,12H,5-6,10-11,13H2,1-4H3,(H,23,24,28). The van der Waals surface area contributed by atoms with Gasteiger partial charge in [0.15, 0.2) is 16.1 Å². The van der Waals surface area contributed by atoms with Crippen molar-refractivity contribution in [2.45, 2.75) is 52.4 Å². The first kappa shape index (κ1) is 24.7. The van der Waals surface area contributed by atoms with Crippen LogP contribution in [0.15, 0.2) is 28.7 Å². The van der Waals surface area contributed by atoms with Gasteiger partial charge in [-0.15, -0.1) is 21.5 Å². The van der Waals surface area contributed by atoms with Crippen LogP contribution in [0.4, 0.5) is 5.13 Å². The van der Waals surface area contributed by atoms with Crippen molar-refractivity contribution in [3.63, 3.8) is 0 Å². The molecule has 0 aliphatic rings. The average Bonchev–Trinajstić information content (AvgIpc) is 3.39. The van der Waals surface area contributed by atoms with E-state index in [1.807, 2.05) is 43.5 Å². The lowest BCUT2D eigenvalue weighted by Crippen LogP contribution is -2.15. The van der Waals surface area contributed by atoms with Crippen molar-refractivity contribution in [2.75, 3.05) is 17.7 Å². The molecule has 33 heavy (non-hydrogen) atoms. The summed E-state index contributed by atoms with van der Waals surface area (Å²) >= 11 is 2.56. The zero-order chi connectivity index (χ0) is 23.8. The van der Waals surface area contributed by atoms with Gasteiger partial charge >= 0.3 is 5.97 Å². The summed E-state index contributed by atoms with van der Waals surface area (Å²) in [6.45, 7) is 9.09. The second kappa shape index (κ2) is 11.8. The molecule has 1 N–H and O–H groups in total. The van der Waals surface area contributed by atoms with Gasteiger partial charge in [0.1, 0.15) is 12.4 Å². The van der Waals surface area contributed by atoms with Crippen molar-refractivity contribution >= 4 is 40.1 Å². The molecular formula is C22H27N5O4S2. The predicted octanol–water partition coefficient (Wildman–Crippen LogP) is 3.79. The second-order valence-corrected chi connectivity index (χ2v) is 8.89. The van der Waals surface area contributed by atoms with Crippen molar-refractivity contribution in [2.24, 2.45) is 0 Å². The van der Waals surface area contributed by atoms with Gasteiger partial charge in [-0.2, -0.15) is 0 Å². The average molecular weight is 490 g/mol. The Morgan fingerprint density at radius 2 is 2.03 bits per heavy atom. The number of thiazole rings is 1.